The SMILES string of the molecule is CC(C)(C)c1ccc(Nc2cc3c(cc2-c2ccc4c5cc6c(cc5n5c4c2Bc2cc4oc7ccccc7c4cc2-5)-c2ccccc2C6(C)C)-c2ccccc2C3(C)C)cc1. The number of furan rings is 1. The van der Waals surface area contributed by atoms with Crippen LogP contribution in [0.3, 0.4) is 0 Å². The zero-order valence-electron chi connectivity index (χ0n) is 36.4. The Hall–Kier alpha value is -6.78. The van der Waals surface area contributed by atoms with Gasteiger partial charge in [0.25, 0.3) is 0 Å². The molecule has 0 atom stereocenters. The second kappa shape index (κ2) is 12.0. The molecule has 0 spiro atoms. The van der Waals surface area contributed by atoms with Crippen molar-refractivity contribution in [1.82, 2.24) is 4.57 Å². The van der Waals surface area contributed by atoms with E-state index in [-0.39, 0.29) is 16.2 Å². The average Bonchev–Trinajstić information content (AvgIpc) is 3.93. The van der Waals surface area contributed by atoms with Gasteiger partial charge in [0.1, 0.15) is 11.2 Å². The van der Waals surface area contributed by atoms with Crippen molar-refractivity contribution in [3.05, 3.63) is 173 Å². The van der Waals surface area contributed by atoms with Gasteiger partial charge in [-0.15, -0.1) is 0 Å². The number of nitrogens with one attached hydrogen (secondary N) is 1. The van der Waals surface area contributed by atoms with Crippen LogP contribution in [0.25, 0.3) is 82.8 Å². The summed E-state index contributed by atoms with van der Waals surface area (Å²) in [6.45, 7) is 16.4. The third-order valence-electron chi connectivity index (χ3n) is 15.0. The van der Waals surface area contributed by atoms with E-state index in [0.29, 0.717) is 0 Å². The predicted molar refractivity (Wildman–Crippen MR) is 263 cm³/mol. The Morgan fingerprint density at radius 2 is 1.18 bits per heavy atom. The van der Waals surface area contributed by atoms with Crippen molar-refractivity contribution in [2.24, 2.45) is 0 Å². The third kappa shape index (κ3) is 4.73. The van der Waals surface area contributed by atoms with Crippen LogP contribution in [-0.4, -0.2) is 11.8 Å². The Labute approximate surface area is 363 Å². The molecule has 0 saturated heterocycles. The van der Waals surface area contributed by atoms with Gasteiger partial charge in [-0.2, -0.15) is 0 Å². The van der Waals surface area contributed by atoms with E-state index in [0.717, 1.165) is 40.6 Å². The van der Waals surface area contributed by atoms with Crippen LogP contribution in [0.5, 0.6) is 0 Å². The minimum absolute atomic E-state index is 0.0765. The number of benzene rings is 8. The molecule has 13 rings (SSSR count). The summed E-state index contributed by atoms with van der Waals surface area (Å²) in [6, 6.07) is 55.0. The monoisotopic (exact) mass is 798 g/mol. The molecular weight excluding hydrogens is 751 g/mol. The van der Waals surface area contributed by atoms with E-state index in [1.165, 1.54) is 99.6 Å². The molecule has 1 N–H and O–H groups in total. The Morgan fingerprint density at radius 3 is 1.90 bits per heavy atom. The van der Waals surface area contributed by atoms with Gasteiger partial charge in [-0.05, 0) is 121 Å². The molecule has 4 heteroatoms. The highest BCUT2D eigenvalue weighted by Gasteiger charge is 2.39. The van der Waals surface area contributed by atoms with E-state index in [2.05, 4.69) is 204 Å². The molecule has 0 radical (unpaired) electrons. The number of fused-ring (bicyclic) bond motifs is 14. The van der Waals surface area contributed by atoms with Gasteiger partial charge in [0.05, 0.1) is 5.52 Å². The molecule has 2 aromatic heterocycles. The number of aromatic nitrogens is 1. The number of hydrogen-bond donors (Lipinski definition) is 1. The number of rotatable bonds is 3. The van der Waals surface area contributed by atoms with Gasteiger partial charge in [0.15, 0.2) is 7.28 Å². The zero-order chi connectivity index (χ0) is 42.0. The summed E-state index contributed by atoms with van der Waals surface area (Å²) < 4.78 is 9.18. The van der Waals surface area contributed by atoms with Crippen molar-refractivity contribution in [2.75, 3.05) is 5.32 Å². The van der Waals surface area contributed by atoms with Crippen LogP contribution in [0.2, 0.25) is 0 Å². The average molecular weight is 799 g/mol. The fourth-order valence-electron chi connectivity index (χ4n) is 11.7. The van der Waals surface area contributed by atoms with E-state index in [4.69, 9.17) is 4.42 Å². The molecule has 1 aliphatic heterocycles. The number of anilines is 2. The molecule has 0 amide bonds. The Kier molecular flexibility index (Phi) is 6.94. The lowest BCUT2D eigenvalue weighted by atomic mass is 9.59. The van der Waals surface area contributed by atoms with Crippen molar-refractivity contribution in [3.63, 3.8) is 0 Å². The summed E-state index contributed by atoms with van der Waals surface area (Å²) in [4.78, 5) is 0. The predicted octanol–water partition coefficient (Wildman–Crippen LogP) is 13.7. The minimum Gasteiger partial charge on any atom is -0.456 e. The lowest BCUT2D eigenvalue weighted by Gasteiger charge is -2.26. The van der Waals surface area contributed by atoms with Gasteiger partial charge in [-0.1, -0.05) is 145 Å². The maximum Gasteiger partial charge on any atom is 0.198 e. The highest BCUT2D eigenvalue weighted by molar-refractivity contribution is 6.73. The van der Waals surface area contributed by atoms with Crippen LogP contribution in [0.4, 0.5) is 11.4 Å². The summed E-state index contributed by atoms with van der Waals surface area (Å²) in [6.07, 6.45) is 0. The molecule has 0 fully saturated rings. The van der Waals surface area contributed by atoms with E-state index < -0.39 is 0 Å². The first-order valence-electron chi connectivity index (χ1n) is 22.2. The molecule has 3 nitrogen and oxygen atoms in total. The first-order valence-corrected chi connectivity index (χ1v) is 22.2. The maximum absolute atomic E-state index is 6.58. The van der Waals surface area contributed by atoms with E-state index in [1.807, 2.05) is 0 Å². The molecule has 0 unspecified atom stereocenters. The number of hydrogen-bond acceptors (Lipinski definition) is 2. The molecule has 8 aromatic carbocycles. The van der Waals surface area contributed by atoms with Gasteiger partial charge in [0.2, 0.25) is 0 Å². The van der Waals surface area contributed by atoms with E-state index in [1.54, 1.807) is 0 Å². The van der Waals surface area contributed by atoms with Crippen LogP contribution in [0.1, 0.15) is 76.3 Å². The summed E-state index contributed by atoms with van der Waals surface area (Å²) in [5.74, 6) is 0. The normalized spacial score (nSPS) is 15.1. The minimum atomic E-state index is -0.134. The van der Waals surface area contributed by atoms with Gasteiger partial charge in [-0.25, -0.2) is 0 Å². The van der Waals surface area contributed by atoms with Crippen molar-refractivity contribution in [1.29, 1.82) is 0 Å². The molecule has 0 bridgehead atoms. The van der Waals surface area contributed by atoms with E-state index in [9.17, 15) is 0 Å². The second-order valence-electron chi connectivity index (χ2n) is 20.2. The number of nitrogens with zero attached hydrogens (tertiary/aromatic N) is 1. The Morgan fingerprint density at radius 1 is 0.516 bits per heavy atom. The molecule has 298 valence electrons. The Bertz CT molecular complexity index is 3610. The standard InChI is InChI=1S/C58H47BN2O/c1-56(2,3)32-20-22-33(23-21-32)60-49-30-47-39(34-14-8-11-17-44(34)58(47,6)7)26-41(49)37-24-25-38-42-27-46-40(35-15-9-12-18-45(35)57(46,4)5)28-50(42)61-51-29-43-36-16-10-13-19-52(36)62-53(43)31-48(51)59-54(37)55(38)61/h8-31,59-60H,1-7H3. The summed E-state index contributed by atoms with van der Waals surface area (Å²) in [7, 11) is 0.790. The fraction of sp³-hybridized carbons (Fsp3) is 0.172. The topological polar surface area (TPSA) is 30.1 Å². The third-order valence-corrected chi connectivity index (χ3v) is 15.0. The highest BCUT2D eigenvalue weighted by atomic mass is 16.3. The lowest BCUT2D eigenvalue weighted by molar-refractivity contribution is 0.590. The van der Waals surface area contributed by atoms with Crippen molar-refractivity contribution in [3.8, 4) is 39.1 Å². The van der Waals surface area contributed by atoms with Crippen LogP contribution in [0, 0.1) is 0 Å². The van der Waals surface area contributed by atoms with Gasteiger partial charge < -0.3 is 14.3 Å². The van der Waals surface area contributed by atoms with Crippen molar-refractivity contribution < 1.29 is 4.42 Å². The molecule has 3 heterocycles. The van der Waals surface area contributed by atoms with Crippen molar-refractivity contribution in [2.45, 2.75) is 64.7 Å². The fourth-order valence-corrected chi connectivity index (χ4v) is 11.7. The molecular formula is C58H47BN2O. The number of para-hydroxylation sites is 1. The second-order valence-corrected chi connectivity index (χ2v) is 20.2. The molecule has 3 aliphatic rings. The molecule has 62 heavy (non-hydrogen) atoms. The maximum atomic E-state index is 6.58. The van der Waals surface area contributed by atoms with Crippen LogP contribution in [-0.2, 0) is 16.2 Å². The molecule has 10 aromatic rings. The summed E-state index contributed by atoms with van der Waals surface area (Å²) in [5, 5.41) is 8.91. The summed E-state index contributed by atoms with van der Waals surface area (Å²) in [5.41, 5.74) is 25.0. The van der Waals surface area contributed by atoms with Crippen molar-refractivity contribution >= 4 is 73.3 Å². The van der Waals surface area contributed by atoms with Gasteiger partial charge in [0, 0.05) is 60.5 Å². The van der Waals surface area contributed by atoms with Gasteiger partial charge >= 0.3 is 0 Å². The quantitative estimate of drug-likeness (QED) is 0.180. The lowest BCUT2D eigenvalue weighted by Crippen LogP contribution is -2.37. The molecule has 2 aliphatic carbocycles. The molecule has 0 saturated carbocycles. The Balaban J connectivity index is 1.11. The largest absolute Gasteiger partial charge is 0.456 e. The van der Waals surface area contributed by atoms with Crippen LogP contribution >= 0.6 is 0 Å². The van der Waals surface area contributed by atoms with E-state index >= 15 is 0 Å². The van der Waals surface area contributed by atoms with Gasteiger partial charge in [-0.3, -0.25) is 0 Å². The first-order chi connectivity index (χ1) is 29.9. The first kappa shape index (κ1) is 35.9. The highest BCUT2D eigenvalue weighted by Crippen LogP contribution is 2.54. The van der Waals surface area contributed by atoms with Crippen LogP contribution in [0.15, 0.2) is 150 Å². The smallest absolute Gasteiger partial charge is 0.198 e. The summed E-state index contributed by atoms with van der Waals surface area (Å²) >= 11 is 0. The zero-order valence-corrected chi connectivity index (χ0v) is 36.4. The van der Waals surface area contributed by atoms with Crippen LogP contribution < -0.4 is 16.2 Å².